The highest BCUT2D eigenvalue weighted by molar-refractivity contribution is 7.91. The van der Waals surface area contributed by atoms with E-state index < -0.39 is 21.2 Å². The van der Waals surface area contributed by atoms with Crippen molar-refractivity contribution in [2.75, 3.05) is 27.4 Å². The summed E-state index contributed by atoms with van der Waals surface area (Å²) in [4.78, 5) is 8.74. The van der Waals surface area contributed by atoms with Gasteiger partial charge in [-0.25, -0.2) is 18.4 Å². The van der Waals surface area contributed by atoms with Crippen molar-refractivity contribution in [3.63, 3.8) is 0 Å². The fraction of sp³-hybridized carbons (Fsp3) is 0.556. The second-order valence-electron chi connectivity index (χ2n) is 9.97. The van der Waals surface area contributed by atoms with E-state index in [-0.39, 0.29) is 23.6 Å². The lowest BCUT2D eigenvalue weighted by Crippen LogP contribution is -2.32. The average molecular weight is 560 g/mol. The van der Waals surface area contributed by atoms with Gasteiger partial charge in [-0.3, -0.25) is 4.57 Å². The summed E-state index contributed by atoms with van der Waals surface area (Å²) >= 11 is 0. The van der Waals surface area contributed by atoms with Crippen LogP contribution in [0.2, 0.25) is 0 Å². The molecule has 1 fully saturated rings. The molecule has 0 radical (unpaired) electrons. The summed E-state index contributed by atoms with van der Waals surface area (Å²) in [6.45, 7) is 8.34. The van der Waals surface area contributed by atoms with E-state index in [9.17, 15) is 8.42 Å². The van der Waals surface area contributed by atoms with Crippen molar-refractivity contribution in [2.45, 2.75) is 69.7 Å². The first-order chi connectivity index (χ1) is 18.7. The molecule has 1 aliphatic heterocycles. The van der Waals surface area contributed by atoms with Gasteiger partial charge in [-0.1, -0.05) is 6.07 Å². The molecule has 4 rings (SSSR count). The second-order valence-corrected chi connectivity index (χ2v) is 12.3. The fourth-order valence-electron chi connectivity index (χ4n) is 4.65. The SMILES string of the molecule is COc1cccc(OC)c1-n1c(CS(=O)(=O)[C@@H](C)[C@@H](OC(C)C)c2ncc(C)cn2)nnc1[C@H]1CCCOC1. The van der Waals surface area contributed by atoms with E-state index in [0.717, 1.165) is 18.4 Å². The molecule has 1 saturated heterocycles. The van der Waals surface area contributed by atoms with Crippen LogP contribution in [0, 0.1) is 6.92 Å². The van der Waals surface area contributed by atoms with E-state index in [1.54, 1.807) is 50.2 Å². The lowest BCUT2D eigenvalue weighted by molar-refractivity contribution is 0.00141. The first-order valence-corrected chi connectivity index (χ1v) is 14.8. The Hall–Kier alpha value is -3.09. The Bertz CT molecular complexity index is 1330. The maximum Gasteiger partial charge on any atom is 0.163 e. The summed E-state index contributed by atoms with van der Waals surface area (Å²) in [6.07, 6.45) is 3.92. The van der Waals surface area contributed by atoms with Gasteiger partial charge in [-0.05, 0) is 58.2 Å². The van der Waals surface area contributed by atoms with E-state index in [2.05, 4.69) is 20.2 Å². The molecule has 0 amide bonds. The Morgan fingerprint density at radius 3 is 2.31 bits per heavy atom. The van der Waals surface area contributed by atoms with E-state index in [4.69, 9.17) is 18.9 Å². The smallest absolute Gasteiger partial charge is 0.163 e. The van der Waals surface area contributed by atoms with Gasteiger partial charge in [-0.2, -0.15) is 0 Å². The minimum absolute atomic E-state index is 0.0623. The minimum atomic E-state index is -3.84. The van der Waals surface area contributed by atoms with Crippen LogP contribution in [0.4, 0.5) is 0 Å². The van der Waals surface area contributed by atoms with Crippen LogP contribution in [-0.4, -0.2) is 71.9 Å². The maximum absolute atomic E-state index is 13.9. The van der Waals surface area contributed by atoms with Crippen LogP contribution in [0.15, 0.2) is 30.6 Å². The molecule has 1 aliphatic rings. The predicted molar refractivity (Wildman–Crippen MR) is 145 cm³/mol. The van der Waals surface area contributed by atoms with Gasteiger partial charge in [0.2, 0.25) is 0 Å². The van der Waals surface area contributed by atoms with Crippen molar-refractivity contribution in [1.29, 1.82) is 0 Å². The van der Waals surface area contributed by atoms with Gasteiger partial charge in [0.1, 0.15) is 34.9 Å². The molecule has 3 heterocycles. The highest BCUT2D eigenvalue weighted by Gasteiger charge is 2.37. The molecule has 3 aromatic rings. The molecule has 2 aromatic heterocycles. The summed E-state index contributed by atoms with van der Waals surface area (Å²) in [5.74, 6) is 1.73. The van der Waals surface area contributed by atoms with E-state index >= 15 is 0 Å². The van der Waals surface area contributed by atoms with Crippen molar-refractivity contribution >= 4 is 9.84 Å². The maximum atomic E-state index is 13.9. The molecular formula is C27H37N5O6S. The second kappa shape index (κ2) is 12.4. The van der Waals surface area contributed by atoms with Crippen molar-refractivity contribution in [3.05, 3.63) is 53.6 Å². The average Bonchev–Trinajstić information content (AvgIpc) is 3.33. The zero-order valence-corrected chi connectivity index (χ0v) is 24.1. The molecule has 1 aromatic carbocycles. The third-order valence-electron chi connectivity index (χ3n) is 6.70. The number of hydrogen-bond donors (Lipinski definition) is 0. The molecule has 0 unspecified atom stereocenters. The fourth-order valence-corrected chi connectivity index (χ4v) is 6.02. The molecule has 0 saturated carbocycles. The van der Waals surface area contributed by atoms with Gasteiger partial charge in [0, 0.05) is 24.9 Å². The molecular weight excluding hydrogens is 522 g/mol. The van der Waals surface area contributed by atoms with Gasteiger partial charge >= 0.3 is 0 Å². The van der Waals surface area contributed by atoms with Crippen LogP contribution in [-0.2, 0) is 25.1 Å². The van der Waals surface area contributed by atoms with Crippen LogP contribution in [0.25, 0.3) is 5.69 Å². The van der Waals surface area contributed by atoms with Crippen molar-refractivity contribution in [2.24, 2.45) is 0 Å². The van der Waals surface area contributed by atoms with Crippen LogP contribution < -0.4 is 9.47 Å². The van der Waals surface area contributed by atoms with Gasteiger partial charge in [-0.15, -0.1) is 10.2 Å². The Morgan fingerprint density at radius 2 is 1.74 bits per heavy atom. The molecule has 39 heavy (non-hydrogen) atoms. The van der Waals surface area contributed by atoms with Crippen molar-refractivity contribution < 1.29 is 27.4 Å². The van der Waals surface area contributed by atoms with Crippen LogP contribution in [0.3, 0.4) is 0 Å². The molecule has 0 aliphatic carbocycles. The quantitative estimate of drug-likeness (QED) is 0.343. The largest absolute Gasteiger partial charge is 0.494 e. The first-order valence-electron chi connectivity index (χ1n) is 13.0. The molecule has 12 heteroatoms. The molecule has 0 spiro atoms. The highest BCUT2D eigenvalue weighted by Crippen LogP contribution is 2.37. The molecule has 0 N–H and O–H groups in total. The van der Waals surface area contributed by atoms with Gasteiger partial charge in [0.15, 0.2) is 21.5 Å². The summed E-state index contributed by atoms with van der Waals surface area (Å²) in [5, 5.41) is 7.89. The molecule has 3 atom stereocenters. The van der Waals surface area contributed by atoms with E-state index in [1.165, 1.54) is 0 Å². The molecule has 0 bridgehead atoms. The van der Waals surface area contributed by atoms with E-state index in [0.29, 0.717) is 42.0 Å². The molecule has 212 valence electrons. The number of sulfone groups is 1. The number of nitrogens with zero attached hydrogens (tertiary/aromatic N) is 5. The Balaban J connectivity index is 1.79. The Morgan fingerprint density at radius 1 is 1.08 bits per heavy atom. The number of hydrogen-bond acceptors (Lipinski definition) is 10. The van der Waals surface area contributed by atoms with Gasteiger partial charge in [0.25, 0.3) is 0 Å². The minimum Gasteiger partial charge on any atom is -0.494 e. The van der Waals surface area contributed by atoms with Crippen LogP contribution >= 0.6 is 0 Å². The summed E-state index contributed by atoms with van der Waals surface area (Å²) in [7, 11) is -0.734. The van der Waals surface area contributed by atoms with Crippen LogP contribution in [0.1, 0.15) is 68.7 Å². The molecule has 11 nitrogen and oxygen atoms in total. The zero-order chi connectivity index (χ0) is 28.2. The predicted octanol–water partition coefficient (Wildman–Crippen LogP) is 3.75. The Kier molecular flexibility index (Phi) is 9.19. The zero-order valence-electron chi connectivity index (χ0n) is 23.3. The number of aromatic nitrogens is 5. The van der Waals surface area contributed by atoms with Gasteiger partial charge in [0.05, 0.1) is 32.2 Å². The monoisotopic (exact) mass is 559 g/mol. The number of ether oxygens (including phenoxy) is 4. The third-order valence-corrected chi connectivity index (χ3v) is 8.74. The number of methoxy groups -OCH3 is 2. The van der Waals surface area contributed by atoms with Gasteiger partial charge < -0.3 is 18.9 Å². The third kappa shape index (κ3) is 6.39. The Labute approximate surface area is 229 Å². The van der Waals surface area contributed by atoms with Crippen LogP contribution in [0.5, 0.6) is 11.5 Å². The van der Waals surface area contributed by atoms with Crippen molar-refractivity contribution in [3.8, 4) is 17.2 Å². The first kappa shape index (κ1) is 28.9. The van der Waals surface area contributed by atoms with E-state index in [1.807, 2.05) is 26.8 Å². The lowest BCUT2D eigenvalue weighted by Gasteiger charge is -2.26. The number of para-hydroxylation sites is 1. The normalized spacial score (nSPS) is 17.7. The summed E-state index contributed by atoms with van der Waals surface area (Å²) in [6, 6.07) is 5.39. The van der Waals surface area contributed by atoms with Crippen molar-refractivity contribution in [1.82, 2.24) is 24.7 Å². The highest BCUT2D eigenvalue weighted by atomic mass is 32.2. The number of aryl methyl sites for hydroxylation is 1. The number of rotatable bonds is 11. The topological polar surface area (TPSA) is 128 Å². The number of benzene rings is 1. The standard InChI is InChI=1S/C27H37N5O6S/c1-17(2)38-25(26-28-13-18(3)14-29-26)19(4)39(33,34)16-23-30-31-27(20-9-8-12-37-15-20)32(23)24-21(35-5)10-7-11-22(24)36-6/h7,10-11,13-14,17,19-20,25H,8-9,12,15-16H2,1-6H3/t19-,20-,25+/m0/s1. The lowest BCUT2D eigenvalue weighted by atomic mass is 10.0. The summed E-state index contributed by atoms with van der Waals surface area (Å²) in [5.41, 5.74) is 1.42. The summed E-state index contributed by atoms with van der Waals surface area (Å²) < 4.78 is 52.7.